The summed E-state index contributed by atoms with van der Waals surface area (Å²) < 4.78 is 4.32. The van der Waals surface area contributed by atoms with Crippen molar-refractivity contribution in [1.29, 1.82) is 5.26 Å². The van der Waals surface area contributed by atoms with E-state index in [-0.39, 0.29) is 0 Å². The van der Waals surface area contributed by atoms with Crippen LogP contribution >= 0.6 is 0 Å². The van der Waals surface area contributed by atoms with Crippen LogP contribution in [0.15, 0.2) is 29.4 Å². The number of carbonyl (C=O) groups excluding carboxylic acids is 1. The minimum atomic E-state index is -0.625. The first-order valence-corrected chi connectivity index (χ1v) is 4.13. The minimum absolute atomic E-state index is 0.577. The number of rotatable bonds is 2. The maximum Gasteiger partial charge on any atom is 0.427 e. The number of nitrogens with zero attached hydrogens (tertiary/aromatic N) is 2. The number of hydrogen-bond acceptors (Lipinski definition) is 4. The number of amides is 1. The predicted octanol–water partition coefficient (Wildman–Crippen LogP) is 1.25. The molecule has 5 heteroatoms. The second-order valence-corrected chi connectivity index (χ2v) is 2.60. The first kappa shape index (κ1) is 10.7. The number of hydrogen-bond donors (Lipinski definition) is 1. The Morgan fingerprint density at radius 3 is 2.73 bits per heavy atom. The van der Waals surface area contributed by atoms with Crippen molar-refractivity contribution in [1.82, 2.24) is 5.43 Å². The molecule has 1 rings (SSSR count). The second-order valence-electron chi connectivity index (χ2n) is 2.60. The van der Waals surface area contributed by atoms with E-state index in [0.717, 1.165) is 5.56 Å². The minimum Gasteiger partial charge on any atom is -0.452 e. The normalized spacial score (nSPS) is 9.60. The van der Waals surface area contributed by atoms with E-state index in [4.69, 9.17) is 5.26 Å². The number of nitrogens with one attached hydrogen (secondary N) is 1. The standard InChI is InChI=1S/C10H9N3O2/c1-15-10(14)13-12-7-9-4-2-8(6-11)3-5-9/h2-5,7H,1H3,(H,13,14)/b12-7-. The van der Waals surface area contributed by atoms with Crippen molar-refractivity contribution in [3.8, 4) is 6.07 Å². The average molecular weight is 203 g/mol. The Morgan fingerprint density at radius 2 is 2.20 bits per heavy atom. The van der Waals surface area contributed by atoms with E-state index in [1.165, 1.54) is 13.3 Å². The molecule has 76 valence electrons. The number of carbonyl (C=O) groups is 1. The van der Waals surface area contributed by atoms with Gasteiger partial charge in [0.2, 0.25) is 0 Å². The van der Waals surface area contributed by atoms with E-state index in [2.05, 4.69) is 15.3 Å². The second kappa shape index (κ2) is 5.40. The number of methoxy groups -OCH3 is 1. The van der Waals surface area contributed by atoms with Gasteiger partial charge in [-0.15, -0.1) is 0 Å². The van der Waals surface area contributed by atoms with Crippen molar-refractivity contribution in [3.05, 3.63) is 35.4 Å². The van der Waals surface area contributed by atoms with Crippen molar-refractivity contribution >= 4 is 12.3 Å². The van der Waals surface area contributed by atoms with Gasteiger partial charge in [0.15, 0.2) is 0 Å². The van der Waals surface area contributed by atoms with Crippen molar-refractivity contribution < 1.29 is 9.53 Å². The summed E-state index contributed by atoms with van der Waals surface area (Å²) in [5.74, 6) is 0. The van der Waals surface area contributed by atoms with Crippen LogP contribution in [0.3, 0.4) is 0 Å². The maximum absolute atomic E-state index is 10.6. The Kier molecular flexibility index (Phi) is 3.86. The lowest BCUT2D eigenvalue weighted by atomic mass is 10.2. The van der Waals surface area contributed by atoms with Gasteiger partial charge in [0, 0.05) is 0 Å². The Labute approximate surface area is 87.0 Å². The molecule has 0 bridgehead atoms. The first-order chi connectivity index (χ1) is 7.26. The highest BCUT2D eigenvalue weighted by molar-refractivity contribution is 5.80. The highest BCUT2D eigenvalue weighted by Gasteiger charge is 1.93. The summed E-state index contributed by atoms with van der Waals surface area (Å²) in [4.78, 5) is 10.6. The Hall–Kier alpha value is -2.35. The van der Waals surface area contributed by atoms with Crippen LogP contribution in [0.1, 0.15) is 11.1 Å². The molecule has 0 fully saturated rings. The molecule has 5 nitrogen and oxygen atoms in total. The largest absolute Gasteiger partial charge is 0.452 e. The van der Waals surface area contributed by atoms with Gasteiger partial charge >= 0.3 is 6.09 Å². The van der Waals surface area contributed by atoms with E-state index in [1.54, 1.807) is 24.3 Å². The van der Waals surface area contributed by atoms with Crippen LogP contribution < -0.4 is 5.43 Å². The van der Waals surface area contributed by atoms with Gasteiger partial charge in [-0.25, -0.2) is 10.2 Å². The van der Waals surface area contributed by atoms with Crippen LogP contribution in [0.25, 0.3) is 0 Å². The molecule has 0 atom stereocenters. The third-order valence-corrected chi connectivity index (χ3v) is 1.59. The zero-order valence-corrected chi connectivity index (χ0v) is 8.10. The van der Waals surface area contributed by atoms with Crippen molar-refractivity contribution in [3.63, 3.8) is 0 Å². The summed E-state index contributed by atoms with van der Waals surface area (Å²) in [6.45, 7) is 0. The molecule has 0 aliphatic carbocycles. The lowest BCUT2D eigenvalue weighted by Crippen LogP contribution is -2.16. The van der Waals surface area contributed by atoms with E-state index in [1.807, 2.05) is 6.07 Å². The first-order valence-electron chi connectivity index (χ1n) is 4.13. The number of ether oxygens (including phenoxy) is 1. The molecule has 0 spiro atoms. The summed E-state index contributed by atoms with van der Waals surface area (Å²) in [5, 5.41) is 12.2. The van der Waals surface area contributed by atoms with E-state index < -0.39 is 6.09 Å². The molecule has 1 aromatic rings. The molecule has 0 aliphatic heterocycles. The van der Waals surface area contributed by atoms with Crippen LogP contribution in [-0.2, 0) is 4.74 Å². The Bertz CT molecular complexity index is 404. The molecule has 1 amide bonds. The molecule has 1 aromatic carbocycles. The van der Waals surface area contributed by atoms with Gasteiger partial charge in [0.25, 0.3) is 0 Å². The van der Waals surface area contributed by atoms with Crippen LogP contribution in [0.4, 0.5) is 4.79 Å². The van der Waals surface area contributed by atoms with Crippen molar-refractivity contribution in [2.45, 2.75) is 0 Å². The fraction of sp³-hybridized carbons (Fsp3) is 0.100. The molecule has 0 unspecified atom stereocenters. The van der Waals surface area contributed by atoms with Gasteiger partial charge in [-0.1, -0.05) is 12.1 Å². The molecule has 0 aliphatic rings. The number of benzene rings is 1. The van der Waals surface area contributed by atoms with E-state index >= 15 is 0 Å². The van der Waals surface area contributed by atoms with E-state index in [0.29, 0.717) is 5.56 Å². The Morgan fingerprint density at radius 1 is 1.53 bits per heavy atom. The van der Waals surface area contributed by atoms with Gasteiger partial charge in [-0.05, 0) is 17.7 Å². The monoisotopic (exact) mass is 203 g/mol. The molecule has 0 saturated carbocycles. The summed E-state index contributed by atoms with van der Waals surface area (Å²) >= 11 is 0. The molecule has 15 heavy (non-hydrogen) atoms. The van der Waals surface area contributed by atoms with Gasteiger partial charge in [0.1, 0.15) is 0 Å². The molecule has 0 saturated heterocycles. The van der Waals surface area contributed by atoms with E-state index in [9.17, 15) is 4.79 Å². The molecule has 0 heterocycles. The molecule has 0 aromatic heterocycles. The van der Waals surface area contributed by atoms with Gasteiger partial charge in [0.05, 0.1) is 25.0 Å². The lowest BCUT2D eigenvalue weighted by Gasteiger charge is -1.95. The summed E-state index contributed by atoms with van der Waals surface area (Å²) in [6, 6.07) is 8.78. The van der Waals surface area contributed by atoms with Gasteiger partial charge < -0.3 is 4.74 Å². The molecular formula is C10H9N3O2. The van der Waals surface area contributed by atoms with Crippen LogP contribution in [-0.4, -0.2) is 19.4 Å². The third-order valence-electron chi connectivity index (χ3n) is 1.59. The molecule has 1 N–H and O–H groups in total. The predicted molar refractivity (Wildman–Crippen MR) is 54.3 cm³/mol. The molecular weight excluding hydrogens is 194 g/mol. The zero-order valence-electron chi connectivity index (χ0n) is 8.10. The van der Waals surface area contributed by atoms with Gasteiger partial charge in [-0.3, -0.25) is 0 Å². The summed E-state index contributed by atoms with van der Waals surface area (Å²) in [6.07, 6.45) is 0.831. The van der Waals surface area contributed by atoms with Crippen LogP contribution in [0, 0.1) is 11.3 Å². The SMILES string of the molecule is COC(=O)N/N=C\c1ccc(C#N)cc1. The fourth-order valence-electron chi connectivity index (χ4n) is 0.849. The Balaban J connectivity index is 2.58. The fourth-order valence-corrected chi connectivity index (χ4v) is 0.849. The lowest BCUT2D eigenvalue weighted by molar-refractivity contribution is 0.171. The molecule has 0 radical (unpaired) electrons. The number of nitriles is 1. The van der Waals surface area contributed by atoms with Crippen LogP contribution in [0.2, 0.25) is 0 Å². The highest BCUT2D eigenvalue weighted by Crippen LogP contribution is 2.00. The average Bonchev–Trinajstić information content (AvgIpc) is 2.29. The number of hydrazone groups is 1. The topological polar surface area (TPSA) is 74.5 Å². The smallest absolute Gasteiger partial charge is 0.427 e. The summed E-state index contributed by atoms with van der Waals surface area (Å²) in [7, 11) is 1.26. The van der Waals surface area contributed by atoms with Crippen molar-refractivity contribution in [2.75, 3.05) is 7.11 Å². The van der Waals surface area contributed by atoms with Crippen LogP contribution in [0.5, 0.6) is 0 Å². The zero-order chi connectivity index (χ0) is 11.1. The quantitative estimate of drug-likeness (QED) is 0.580. The van der Waals surface area contributed by atoms with Crippen molar-refractivity contribution in [2.24, 2.45) is 5.10 Å². The van der Waals surface area contributed by atoms with Gasteiger partial charge in [-0.2, -0.15) is 10.4 Å². The maximum atomic E-state index is 10.6. The highest BCUT2D eigenvalue weighted by atomic mass is 16.5. The third kappa shape index (κ3) is 3.48. The summed E-state index contributed by atoms with van der Waals surface area (Å²) in [5.41, 5.74) is 3.51.